The largest absolute Gasteiger partial charge is 0.481 e. The highest BCUT2D eigenvalue weighted by atomic mass is 79.9. The summed E-state index contributed by atoms with van der Waals surface area (Å²) in [7, 11) is 0. The Morgan fingerprint density at radius 1 is 1.57 bits per heavy atom. The van der Waals surface area contributed by atoms with Crippen LogP contribution in [0.3, 0.4) is 0 Å². The minimum absolute atomic E-state index is 0.102. The summed E-state index contributed by atoms with van der Waals surface area (Å²) in [5, 5.41) is 8.89. The Bertz CT molecular complexity index is 367. The van der Waals surface area contributed by atoms with Crippen molar-refractivity contribution in [3.8, 4) is 0 Å². The predicted octanol–water partition coefficient (Wildman–Crippen LogP) is 2.42. The Labute approximate surface area is 90.3 Å². The highest BCUT2D eigenvalue weighted by Crippen LogP contribution is 2.42. The van der Waals surface area contributed by atoms with E-state index >= 15 is 0 Å². The van der Waals surface area contributed by atoms with Crippen LogP contribution in [0.2, 0.25) is 0 Å². The van der Waals surface area contributed by atoms with E-state index in [9.17, 15) is 4.79 Å². The quantitative estimate of drug-likeness (QED) is 0.883. The maximum Gasteiger partial charge on any atom is 0.307 e. The van der Waals surface area contributed by atoms with Gasteiger partial charge in [-0.3, -0.25) is 9.78 Å². The summed E-state index contributed by atoms with van der Waals surface area (Å²) < 4.78 is 0.957. The average Bonchev–Trinajstić information content (AvgIpc) is 2.00. The molecule has 2 atom stereocenters. The third-order valence-corrected chi connectivity index (χ3v) is 3.21. The molecular formula is C10H10BrNO2. The Hall–Kier alpha value is -0.900. The minimum atomic E-state index is -0.706. The fourth-order valence-electron chi connectivity index (χ4n) is 1.77. The minimum Gasteiger partial charge on any atom is -0.481 e. The normalized spacial score (nSPS) is 25.5. The van der Waals surface area contributed by atoms with Gasteiger partial charge in [-0.1, -0.05) is 15.9 Å². The van der Waals surface area contributed by atoms with Gasteiger partial charge in [0.25, 0.3) is 0 Å². The molecule has 1 saturated carbocycles. The molecule has 1 aromatic rings. The molecular weight excluding hydrogens is 246 g/mol. The van der Waals surface area contributed by atoms with Gasteiger partial charge in [-0.15, -0.1) is 0 Å². The molecule has 2 unspecified atom stereocenters. The van der Waals surface area contributed by atoms with Gasteiger partial charge in [0.05, 0.1) is 5.92 Å². The van der Waals surface area contributed by atoms with Gasteiger partial charge in [-0.25, -0.2) is 0 Å². The Kier molecular flexibility index (Phi) is 2.54. The number of hydrogen-bond acceptors (Lipinski definition) is 2. The molecule has 0 radical (unpaired) electrons. The van der Waals surface area contributed by atoms with E-state index in [1.807, 2.05) is 12.1 Å². The molecule has 0 spiro atoms. The standard InChI is InChI=1S/C10H10BrNO2/c11-6-3-4-12-9(5-6)7-1-2-8(7)10(13)14/h3-5,7-8H,1-2H2,(H,13,14). The first kappa shape index (κ1) is 9.65. The van der Waals surface area contributed by atoms with E-state index in [-0.39, 0.29) is 11.8 Å². The molecule has 0 aliphatic heterocycles. The fraction of sp³-hybridized carbons (Fsp3) is 0.400. The molecule has 1 heterocycles. The third kappa shape index (κ3) is 1.66. The number of halogens is 1. The summed E-state index contributed by atoms with van der Waals surface area (Å²) >= 11 is 3.35. The van der Waals surface area contributed by atoms with Crippen LogP contribution in [0, 0.1) is 5.92 Å². The van der Waals surface area contributed by atoms with Crippen LogP contribution < -0.4 is 0 Å². The molecule has 0 amide bonds. The summed E-state index contributed by atoms with van der Waals surface area (Å²) in [5.41, 5.74) is 0.887. The zero-order valence-electron chi connectivity index (χ0n) is 7.48. The van der Waals surface area contributed by atoms with Crippen LogP contribution in [0.25, 0.3) is 0 Å². The number of carbonyl (C=O) groups is 1. The summed E-state index contributed by atoms with van der Waals surface area (Å²) in [6, 6.07) is 3.75. The first-order chi connectivity index (χ1) is 6.68. The number of hydrogen-bond donors (Lipinski definition) is 1. The number of pyridine rings is 1. The van der Waals surface area contributed by atoms with Crippen LogP contribution in [-0.4, -0.2) is 16.1 Å². The number of rotatable bonds is 2. The van der Waals surface area contributed by atoms with Gasteiger partial charge < -0.3 is 5.11 Å². The lowest BCUT2D eigenvalue weighted by Crippen LogP contribution is -2.31. The molecule has 1 fully saturated rings. The van der Waals surface area contributed by atoms with Crippen molar-refractivity contribution in [3.05, 3.63) is 28.5 Å². The van der Waals surface area contributed by atoms with Crippen molar-refractivity contribution in [2.45, 2.75) is 18.8 Å². The van der Waals surface area contributed by atoms with Crippen molar-refractivity contribution >= 4 is 21.9 Å². The molecule has 2 rings (SSSR count). The SMILES string of the molecule is O=C(O)C1CCC1c1cc(Br)ccn1. The van der Waals surface area contributed by atoms with E-state index in [1.54, 1.807) is 6.20 Å². The highest BCUT2D eigenvalue weighted by molar-refractivity contribution is 9.10. The van der Waals surface area contributed by atoms with E-state index in [1.165, 1.54) is 0 Å². The first-order valence-corrected chi connectivity index (χ1v) is 5.32. The zero-order valence-corrected chi connectivity index (χ0v) is 9.07. The van der Waals surface area contributed by atoms with Crippen molar-refractivity contribution in [1.29, 1.82) is 0 Å². The smallest absolute Gasteiger partial charge is 0.307 e. The number of carboxylic acids is 1. The average molecular weight is 256 g/mol. The number of carboxylic acid groups (broad SMARTS) is 1. The van der Waals surface area contributed by atoms with Crippen molar-refractivity contribution in [1.82, 2.24) is 4.98 Å². The van der Waals surface area contributed by atoms with Gasteiger partial charge in [-0.2, -0.15) is 0 Å². The molecule has 74 valence electrons. The van der Waals surface area contributed by atoms with E-state index in [0.29, 0.717) is 0 Å². The van der Waals surface area contributed by atoms with E-state index in [4.69, 9.17) is 5.11 Å². The van der Waals surface area contributed by atoms with E-state index in [0.717, 1.165) is 23.0 Å². The van der Waals surface area contributed by atoms with Gasteiger partial charge in [0.2, 0.25) is 0 Å². The zero-order chi connectivity index (χ0) is 10.1. The topological polar surface area (TPSA) is 50.2 Å². The number of nitrogens with zero attached hydrogens (tertiary/aromatic N) is 1. The van der Waals surface area contributed by atoms with E-state index < -0.39 is 5.97 Å². The molecule has 1 aliphatic rings. The molecule has 0 aromatic carbocycles. The van der Waals surface area contributed by atoms with Gasteiger partial charge in [0, 0.05) is 22.3 Å². The van der Waals surface area contributed by atoms with Crippen molar-refractivity contribution in [2.75, 3.05) is 0 Å². The monoisotopic (exact) mass is 255 g/mol. The molecule has 1 N–H and O–H groups in total. The van der Waals surface area contributed by atoms with Crippen LogP contribution in [0.5, 0.6) is 0 Å². The Morgan fingerprint density at radius 3 is 2.86 bits per heavy atom. The molecule has 0 saturated heterocycles. The maximum atomic E-state index is 10.8. The van der Waals surface area contributed by atoms with Crippen LogP contribution in [-0.2, 0) is 4.79 Å². The molecule has 14 heavy (non-hydrogen) atoms. The summed E-state index contributed by atoms with van der Waals surface area (Å²) in [4.78, 5) is 15.0. The molecule has 4 heteroatoms. The van der Waals surface area contributed by atoms with Crippen molar-refractivity contribution in [3.63, 3.8) is 0 Å². The van der Waals surface area contributed by atoms with Gasteiger partial charge in [0.15, 0.2) is 0 Å². The Morgan fingerprint density at radius 2 is 2.36 bits per heavy atom. The van der Waals surface area contributed by atoms with Gasteiger partial charge in [-0.05, 0) is 25.0 Å². The predicted molar refractivity (Wildman–Crippen MR) is 55.0 cm³/mol. The second-order valence-corrected chi connectivity index (χ2v) is 4.44. The maximum absolute atomic E-state index is 10.8. The second-order valence-electron chi connectivity index (χ2n) is 3.53. The molecule has 3 nitrogen and oxygen atoms in total. The summed E-state index contributed by atoms with van der Waals surface area (Å²) in [6.07, 6.45) is 3.41. The Balaban J connectivity index is 2.20. The summed E-state index contributed by atoms with van der Waals surface area (Å²) in [5.74, 6) is -0.843. The van der Waals surface area contributed by atoms with Crippen molar-refractivity contribution < 1.29 is 9.90 Å². The third-order valence-electron chi connectivity index (χ3n) is 2.71. The van der Waals surface area contributed by atoms with Gasteiger partial charge >= 0.3 is 5.97 Å². The first-order valence-electron chi connectivity index (χ1n) is 4.53. The fourth-order valence-corrected chi connectivity index (χ4v) is 2.13. The van der Waals surface area contributed by atoms with Crippen LogP contribution >= 0.6 is 15.9 Å². The number of aromatic nitrogens is 1. The lowest BCUT2D eigenvalue weighted by molar-refractivity contribution is -0.145. The van der Waals surface area contributed by atoms with Crippen LogP contribution in [0.1, 0.15) is 24.5 Å². The lowest BCUT2D eigenvalue weighted by Gasteiger charge is -2.32. The number of aliphatic carboxylic acids is 1. The molecule has 1 aliphatic carbocycles. The van der Waals surface area contributed by atoms with Crippen LogP contribution in [0.4, 0.5) is 0 Å². The van der Waals surface area contributed by atoms with Gasteiger partial charge in [0.1, 0.15) is 0 Å². The van der Waals surface area contributed by atoms with E-state index in [2.05, 4.69) is 20.9 Å². The molecule has 1 aromatic heterocycles. The van der Waals surface area contributed by atoms with Crippen LogP contribution in [0.15, 0.2) is 22.8 Å². The van der Waals surface area contributed by atoms with Crippen molar-refractivity contribution in [2.24, 2.45) is 5.92 Å². The highest BCUT2D eigenvalue weighted by Gasteiger charge is 2.38. The second kappa shape index (κ2) is 3.69. The molecule has 0 bridgehead atoms. The summed E-state index contributed by atoms with van der Waals surface area (Å²) in [6.45, 7) is 0. The lowest BCUT2D eigenvalue weighted by atomic mass is 9.72.